The Bertz CT molecular complexity index is 1460. The van der Waals surface area contributed by atoms with Crippen molar-refractivity contribution in [2.24, 2.45) is 11.7 Å². The fourth-order valence-corrected chi connectivity index (χ4v) is 4.99. The molecule has 4 rings (SSSR count). The summed E-state index contributed by atoms with van der Waals surface area (Å²) in [6.07, 6.45) is 2.63. The first kappa shape index (κ1) is 37.2. The molecule has 2 aliphatic heterocycles. The minimum Gasteiger partial charge on any atom is -0.490 e. The second-order valence-corrected chi connectivity index (χ2v) is 12.0. The third-order valence-corrected chi connectivity index (χ3v) is 7.48. The van der Waals surface area contributed by atoms with Crippen LogP contribution in [-0.2, 0) is 41.6 Å². The van der Waals surface area contributed by atoms with Crippen LogP contribution in [0.4, 0.5) is 0 Å². The predicted molar refractivity (Wildman–Crippen MR) is 175 cm³/mol. The molecule has 14 heteroatoms. The van der Waals surface area contributed by atoms with Gasteiger partial charge in [-0.1, -0.05) is 68.5 Å². The van der Waals surface area contributed by atoms with E-state index in [0.717, 1.165) is 0 Å². The molecule has 14 nitrogen and oxygen atoms in total. The lowest BCUT2D eigenvalue weighted by Crippen LogP contribution is -2.59. The highest BCUT2D eigenvalue weighted by Gasteiger charge is 2.32. The van der Waals surface area contributed by atoms with Crippen LogP contribution in [-0.4, -0.2) is 82.6 Å². The number of carboxylic acid groups (broad SMARTS) is 2. The van der Waals surface area contributed by atoms with Crippen LogP contribution in [0.1, 0.15) is 44.2 Å². The summed E-state index contributed by atoms with van der Waals surface area (Å²) < 4.78 is 5.72. The molecule has 0 aromatic heterocycles. The number of hydrogen-bond acceptors (Lipinski definition) is 8. The van der Waals surface area contributed by atoms with Crippen molar-refractivity contribution in [3.63, 3.8) is 0 Å². The van der Waals surface area contributed by atoms with Crippen molar-refractivity contribution in [2.45, 2.75) is 76.2 Å². The lowest BCUT2D eigenvalue weighted by molar-refractivity contribution is -0.147. The van der Waals surface area contributed by atoms with Crippen LogP contribution < -0.4 is 31.7 Å². The Morgan fingerprint density at radius 3 is 2.27 bits per heavy atom. The molecule has 0 saturated carbocycles. The summed E-state index contributed by atoms with van der Waals surface area (Å²) in [6.45, 7) is 3.94. The van der Waals surface area contributed by atoms with Crippen molar-refractivity contribution in [2.75, 3.05) is 6.61 Å². The lowest BCUT2D eigenvalue weighted by atomic mass is 10.0. The molecule has 48 heavy (non-hydrogen) atoms. The highest BCUT2D eigenvalue weighted by Crippen LogP contribution is 2.15. The van der Waals surface area contributed by atoms with Gasteiger partial charge < -0.3 is 42.0 Å². The number of nitrogens with one attached hydrogen (secondary N) is 4. The topological polar surface area (TPSA) is 226 Å². The van der Waals surface area contributed by atoms with Crippen molar-refractivity contribution in [3.8, 4) is 5.75 Å². The first-order valence-corrected chi connectivity index (χ1v) is 15.6. The summed E-state index contributed by atoms with van der Waals surface area (Å²) in [5.74, 6) is -5.27. The second kappa shape index (κ2) is 18.2. The number of fused-ring (bicyclic) bond motifs is 13. The molecule has 2 aromatic carbocycles. The molecule has 0 saturated heterocycles. The average Bonchev–Trinajstić information content (AvgIpc) is 3.03. The molecule has 0 fully saturated rings. The van der Waals surface area contributed by atoms with Crippen molar-refractivity contribution < 1.29 is 43.7 Å². The Morgan fingerprint density at radius 1 is 0.958 bits per heavy atom. The fraction of sp³-hybridized carbons (Fsp3) is 0.412. The Labute approximate surface area is 278 Å². The Kier molecular flexibility index (Phi) is 14.1. The zero-order valence-electron chi connectivity index (χ0n) is 26.9. The van der Waals surface area contributed by atoms with Gasteiger partial charge in [-0.25, -0.2) is 4.79 Å². The maximum Gasteiger partial charge on any atom is 0.326 e. The third-order valence-electron chi connectivity index (χ3n) is 7.48. The average molecular weight is 666 g/mol. The number of carboxylic acids is 2. The van der Waals surface area contributed by atoms with Crippen LogP contribution in [0.5, 0.6) is 5.75 Å². The van der Waals surface area contributed by atoms with E-state index < -0.39 is 72.2 Å². The van der Waals surface area contributed by atoms with E-state index in [1.54, 1.807) is 66.7 Å². The van der Waals surface area contributed by atoms with Crippen molar-refractivity contribution in [3.05, 3.63) is 77.9 Å². The molecular weight excluding hydrogens is 622 g/mol. The molecule has 0 radical (unpaired) electrons. The predicted octanol–water partition coefficient (Wildman–Crippen LogP) is 0.682. The molecule has 4 amide bonds. The Balaban J connectivity index is 1.98. The van der Waals surface area contributed by atoms with Crippen LogP contribution in [0.3, 0.4) is 0 Å². The minimum atomic E-state index is -1.75. The first-order valence-electron chi connectivity index (χ1n) is 15.6. The molecule has 5 atom stereocenters. The van der Waals surface area contributed by atoms with E-state index in [-0.39, 0.29) is 31.8 Å². The summed E-state index contributed by atoms with van der Waals surface area (Å²) in [7, 11) is 0. The number of carbonyl (C=O) groups excluding carboxylic acids is 4. The van der Waals surface area contributed by atoms with Crippen LogP contribution >= 0.6 is 0 Å². The summed E-state index contributed by atoms with van der Waals surface area (Å²) >= 11 is 0. The van der Waals surface area contributed by atoms with Gasteiger partial charge in [-0.3, -0.25) is 24.0 Å². The van der Waals surface area contributed by atoms with E-state index >= 15 is 0 Å². The Morgan fingerprint density at radius 2 is 1.65 bits per heavy atom. The first-order chi connectivity index (χ1) is 22.8. The number of carbonyl (C=O) groups is 6. The van der Waals surface area contributed by atoms with Gasteiger partial charge in [-0.05, 0) is 42.0 Å². The van der Waals surface area contributed by atoms with Crippen molar-refractivity contribution >= 4 is 35.6 Å². The SMILES string of the molecule is CC(C)C[C@H](N)C(=O)N[C@H]1Cc2ccc(cc2)OC/C=C/C[C@@H](C(=O)N[C@@H](CC(=O)O)C(=O)O)NC(=O)[C@H](Cc2ccccc2)NC1=O. The molecule has 2 bridgehead atoms. The number of aliphatic carboxylic acids is 2. The molecule has 258 valence electrons. The molecule has 8 N–H and O–H groups in total. The van der Waals surface area contributed by atoms with Gasteiger partial charge in [-0.2, -0.15) is 0 Å². The maximum atomic E-state index is 13.9. The highest BCUT2D eigenvalue weighted by atomic mass is 16.5. The molecule has 2 aromatic rings. The summed E-state index contributed by atoms with van der Waals surface area (Å²) in [5.41, 5.74) is 7.50. The molecule has 0 aliphatic carbocycles. The molecule has 2 heterocycles. The standard InChI is InChI=1S/C34H43N5O9/c1-20(2)16-24(35)30(42)37-26-18-22-11-13-23(14-12-22)48-15-7-6-10-25(31(43)39-28(34(46)47)19-29(40)41)36-32(44)27(38-33(26)45)17-21-8-4-3-5-9-21/h3-9,11-14,20,24-28H,10,15-19,35H2,1-2H3,(H,36,44)(H,37,42)(H,38,45)(H,39,43)(H,40,41)(H,46,47)/b7-6+/t24-,25-,26-,27-,28-/m0/s1. The molecule has 0 spiro atoms. The number of amides is 4. The van der Waals surface area contributed by atoms with Crippen LogP contribution in [0.2, 0.25) is 0 Å². The number of benzene rings is 2. The van der Waals surface area contributed by atoms with Gasteiger partial charge in [0.15, 0.2) is 0 Å². The van der Waals surface area contributed by atoms with E-state index in [0.29, 0.717) is 23.3 Å². The zero-order chi connectivity index (χ0) is 35.2. The van der Waals surface area contributed by atoms with Gasteiger partial charge >= 0.3 is 11.9 Å². The van der Waals surface area contributed by atoms with Crippen molar-refractivity contribution in [1.82, 2.24) is 21.3 Å². The minimum absolute atomic E-state index is 0.00935. The number of ether oxygens (including phenoxy) is 1. The monoisotopic (exact) mass is 665 g/mol. The maximum absolute atomic E-state index is 13.9. The fourth-order valence-electron chi connectivity index (χ4n) is 4.99. The Hall–Kier alpha value is -5.24. The third kappa shape index (κ3) is 12.2. The van der Waals surface area contributed by atoms with E-state index in [1.807, 2.05) is 13.8 Å². The van der Waals surface area contributed by atoms with Crippen LogP contribution in [0.15, 0.2) is 66.7 Å². The van der Waals surface area contributed by atoms with Gasteiger partial charge in [0.25, 0.3) is 0 Å². The lowest BCUT2D eigenvalue weighted by Gasteiger charge is -2.26. The van der Waals surface area contributed by atoms with E-state index in [9.17, 15) is 33.9 Å². The smallest absolute Gasteiger partial charge is 0.326 e. The number of rotatable bonds is 11. The van der Waals surface area contributed by atoms with Gasteiger partial charge in [0.1, 0.15) is 36.5 Å². The number of hydrogen-bond donors (Lipinski definition) is 7. The molecule has 0 unspecified atom stereocenters. The van der Waals surface area contributed by atoms with Gasteiger partial charge in [0.05, 0.1) is 12.5 Å². The zero-order valence-corrected chi connectivity index (χ0v) is 26.9. The van der Waals surface area contributed by atoms with Crippen molar-refractivity contribution in [1.29, 1.82) is 0 Å². The van der Waals surface area contributed by atoms with E-state index in [4.69, 9.17) is 15.6 Å². The van der Waals surface area contributed by atoms with Gasteiger partial charge in [0.2, 0.25) is 23.6 Å². The summed E-state index contributed by atoms with van der Waals surface area (Å²) in [4.78, 5) is 76.8. The van der Waals surface area contributed by atoms with Crippen LogP contribution in [0.25, 0.3) is 0 Å². The van der Waals surface area contributed by atoms with E-state index in [1.165, 1.54) is 0 Å². The summed E-state index contributed by atoms with van der Waals surface area (Å²) in [6, 6.07) is 9.39. The van der Waals surface area contributed by atoms with Crippen LogP contribution in [0, 0.1) is 5.92 Å². The highest BCUT2D eigenvalue weighted by molar-refractivity contribution is 5.96. The second-order valence-electron chi connectivity index (χ2n) is 12.0. The summed E-state index contributed by atoms with van der Waals surface area (Å²) in [5, 5.41) is 28.8. The van der Waals surface area contributed by atoms with E-state index in [2.05, 4.69) is 21.3 Å². The molecular formula is C34H43N5O9. The largest absolute Gasteiger partial charge is 0.490 e. The quantitative estimate of drug-likeness (QED) is 0.166. The molecule has 2 aliphatic rings. The number of nitrogens with two attached hydrogens (primary N) is 1. The van der Waals surface area contributed by atoms with Gasteiger partial charge in [0, 0.05) is 12.8 Å². The normalized spacial score (nSPS) is 20.6. The van der Waals surface area contributed by atoms with Gasteiger partial charge in [-0.15, -0.1) is 0 Å².